The summed E-state index contributed by atoms with van der Waals surface area (Å²) < 4.78 is 14.1. The van der Waals surface area contributed by atoms with Crippen molar-refractivity contribution in [2.24, 2.45) is 0 Å². The highest BCUT2D eigenvalue weighted by molar-refractivity contribution is 6.61. The van der Waals surface area contributed by atoms with Crippen LogP contribution in [0.1, 0.15) is 27.7 Å². The van der Waals surface area contributed by atoms with Crippen LogP contribution in [0.2, 0.25) is 0 Å². The Labute approximate surface area is 119 Å². The van der Waals surface area contributed by atoms with Gasteiger partial charge in [-0.3, -0.25) is 4.98 Å². The molecule has 0 aromatic carbocycles. The minimum Gasteiger partial charge on any atom is -0.398 e. The smallest absolute Gasteiger partial charge is 0.398 e. The predicted octanol–water partition coefficient (Wildman–Crippen LogP) is 2.17. The summed E-state index contributed by atoms with van der Waals surface area (Å²) in [5, 5.41) is 0. The molecule has 0 atom stereocenters. The molecule has 0 radical (unpaired) electrons. The minimum atomic E-state index is -0.421. The van der Waals surface area contributed by atoms with Gasteiger partial charge in [-0.2, -0.15) is 0 Å². The fraction of sp³-hybridized carbons (Fsp3) is 0.400. The zero-order chi connectivity index (χ0) is 14.4. The second-order valence-electron chi connectivity index (χ2n) is 6.12. The second kappa shape index (κ2) is 4.47. The zero-order valence-electron chi connectivity index (χ0n) is 12.3. The van der Waals surface area contributed by atoms with E-state index in [4.69, 9.17) is 9.31 Å². The standard InChI is InChI=1S/C15H19BN2O2/c1-14(2)15(3,4)20-16(19-14)13-11-12(7-8-17-13)18-9-5-6-10-18/h5-11H,1-4H3. The monoisotopic (exact) mass is 270 g/mol. The minimum absolute atomic E-state index is 0.344. The summed E-state index contributed by atoms with van der Waals surface area (Å²) in [6.07, 6.45) is 5.79. The van der Waals surface area contributed by atoms with Crippen molar-refractivity contribution in [3.05, 3.63) is 42.9 Å². The highest BCUT2D eigenvalue weighted by Crippen LogP contribution is 2.36. The van der Waals surface area contributed by atoms with E-state index in [1.807, 2.05) is 68.9 Å². The molecule has 2 aromatic heterocycles. The predicted molar refractivity (Wildman–Crippen MR) is 79.3 cm³/mol. The van der Waals surface area contributed by atoms with Crippen molar-refractivity contribution in [2.75, 3.05) is 0 Å². The molecule has 20 heavy (non-hydrogen) atoms. The molecule has 0 saturated carbocycles. The molecule has 3 rings (SSSR count). The fourth-order valence-electron chi connectivity index (χ4n) is 2.20. The van der Waals surface area contributed by atoms with Gasteiger partial charge in [0.05, 0.1) is 16.8 Å². The van der Waals surface area contributed by atoms with Crippen LogP contribution in [0.4, 0.5) is 0 Å². The molecular weight excluding hydrogens is 251 g/mol. The Morgan fingerprint density at radius 3 is 2.25 bits per heavy atom. The first-order chi connectivity index (χ1) is 9.39. The molecule has 2 aromatic rings. The van der Waals surface area contributed by atoms with Gasteiger partial charge in [0.25, 0.3) is 0 Å². The van der Waals surface area contributed by atoms with Crippen molar-refractivity contribution in [3.63, 3.8) is 0 Å². The maximum absolute atomic E-state index is 6.03. The SMILES string of the molecule is CC1(C)OB(c2cc(-n3cccc3)ccn2)OC1(C)C. The van der Waals surface area contributed by atoms with E-state index in [1.165, 1.54) is 0 Å². The Kier molecular flexibility index (Phi) is 2.99. The van der Waals surface area contributed by atoms with E-state index in [9.17, 15) is 0 Å². The van der Waals surface area contributed by atoms with Crippen LogP contribution in [0.25, 0.3) is 5.69 Å². The Bertz CT molecular complexity index is 592. The molecule has 1 aliphatic rings. The van der Waals surface area contributed by atoms with Gasteiger partial charge in [-0.1, -0.05) is 0 Å². The molecule has 0 amide bonds. The van der Waals surface area contributed by atoms with E-state index in [1.54, 1.807) is 6.20 Å². The molecule has 0 spiro atoms. The van der Waals surface area contributed by atoms with Crippen LogP contribution in [0, 0.1) is 0 Å². The molecule has 0 aliphatic carbocycles. The lowest BCUT2D eigenvalue weighted by Crippen LogP contribution is -2.41. The van der Waals surface area contributed by atoms with Gasteiger partial charge in [0.15, 0.2) is 0 Å². The van der Waals surface area contributed by atoms with Crippen LogP contribution >= 0.6 is 0 Å². The lowest BCUT2D eigenvalue weighted by atomic mass is 9.84. The summed E-state index contributed by atoms with van der Waals surface area (Å²) in [7, 11) is -0.421. The van der Waals surface area contributed by atoms with Crippen LogP contribution in [0.3, 0.4) is 0 Å². The van der Waals surface area contributed by atoms with E-state index in [0.29, 0.717) is 0 Å². The Balaban J connectivity index is 1.91. The number of aromatic nitrogens is 2. The molecule has 0 unspecified atom stereocenters. The molecule has 0 N–H and O–H groups in total. The average Bonchev–Trinajstić information content (AvgIpc) is 2.97. The van der Waals surface area contributed by atoms with Gasteiger partial charge in [-0.15, -0.1) is 0 Å². The van der Waals surface area contributed by atoms with Gasteiger partial charge in [0.1, 0.15) is 0 Å². The fourth-order valence-corrected chi connectivity index (χ4v) is 2.20. The topological polar surface area (TPSA) is 36.3 Å². The first-order valence-corrected chi connectivity index (χ1v) is 6.84. The van der Waals surface area contributed by atoms with Crippen LogP contribution in [-0.2, 0) is 9.31 Å². The van der Waals surface area contributed by atoms with Crippen LogP contribution < -0.4 is 5.59 Å². The molecule has 5 heteroatoms. The number of rotatable bonds is 2. The molecule has 1 saturated heterocycles. The molecular formula is C15H19BN2O2. The van der Waals surface area contributed by atoms with Crippen molar-refractivity contribution < 1.29 is 9.31 Å². The number of nitrogens with zero attached hydrogens (tertiary/aromatic N) is 2. The maximum Gasteiger partial charge on any atom is 0.514 e. The average molecular weight is 270 g/mol. The van der Waals surface area contributed by atoms with Crippen LogP contribution in [0.15, 0.2) is 42.9 Å². The molecule has 104 valence electrons. The van der Waals surface area contributed by atoms with Crippen molar-refractivity contribution in [3.8, 4) is 5.69 Å². The van der Waals surface area contributed by atoms with Gasteiger partial charge < -0.3 is 13.9 Å². The third-order valence-electron chi connectivity index (χ3n) is 4.16. The molecule has 4 nitrogen and oxygen atoms in total. The number of hydrogen-bond acceptors (Lipinski definition) is 3. The van der Waals surface area contributed by atoms with Gasteiger partial charge in [0, 0.05) is 24.3 Å². The maximum atomic E-state index is 6.03. The molecule has 3 heterocycles. The number of pyridine rings is 1. The Morgan fingerprint density at radius 1 is 1.05 bits per heavy atom. The molecule has 1 aliphatic heterocycles. The van der Waals surface area contributed by atoms with E-state index < -0.39 is 7.12 Å². The van der Waals surface area contributed by atoms with Gasteiger partial charge in [-0.25, -0.2) is 0 Å². The summed E-state index contributed by atoms with van der Waals surface area (Å²) in [6.45, 7) is 8.18. The summed E-state index contributed by atoms with van der Waals surface area (Å²) in [5.41, 5.74) is 1.16. The summed E-state index contributed by atoms with van der Waals surface area (Å²) in [6, 6.07) is 7.96. The summed E-state index contributed by atoms with van der Waals surface area (Å²) in [4.78, 5) is 4.40. The van der Waals surface area contributed by atoms with Crippen molar-refractivity contribution in [2.45, 2.75) is 38.9 Å². The third-order valence-corrected chi connectivity index (χ3v) is 4.16. The lowest BCUT2D eigenvalue weighted by molar-refractivity contribution is 0.00578. The van der Waals surface area contributed by atoms with Gasteiger partial charge in [-0.05, 0) is 52.0 Å². The third kappa shape index (κ3) is 2.17. The van der Waals surface area contributed by atoms with Crippen LogP contribution in [-0.4, -0.2) is 27.9 Å². The first kappa shape index (κ1) is 13.4. The van der Waals surface area contributed by atoms with E-state index in [2.05, 4.69) is 4.98 Å². The zero-order valence-corrected chi connectivity index (χ0v) is 12.3. The number of hydrogen-bond donors (Lipinski definition) is 0. The largest absolute Gasteiger partial charge is 0.514 e. The quantitative estimate of drug-likeness (QED) is 0.785. The van der Waals surface area contributed by atoms with Crippen molar-refractivity contribution in [1.29, 1.82) is 0 Å². The summed E-state index contributed by atoms with van der Waals surface area (Å²) in [5.74, 6) is 0. The highest BCUT2D eigenvalue weighted by atomic mass is 16.7. The van der Waals surface area contributed by atoms with Gasteiger partial charge >= 0.3 is 7.12 Å². The van der Waals surface area contributed by atoms with Crippen LogP contribution in [0.5, 0.6) is 0 Å². The van der Waals surface area contributed by atoms with E-state index in [0.717, 1.165) is 11.3 Å². The summed E-state index contributed by atoms with van der Waals surface area (Å²) >= 11 is 0. The highest BCUT2D eigenvalue weighted by Gasteiger charge is 2.52. The molecule has 1 fully saturated rings. The van der Waals surface area contributed by atoms with E-state index in [-0.39, 0.29) is 11.2 Å². The van der Waals surface area contributed by atoms with Gasteiger partial charge in [0.2, 0.25) is 0 Å². The lowest BCUT2D eigenvalue weighted by Gasteiger charge is -2.32. The Morgan fingerprint density at radius 2 is 1.65 bits per heavy atom. The molecule has 0 bridgehead atoms. The second-order valence-corrected chi connectivity index (χ2v) is 6.12. The first-order valence-electron chi connectivity index (χ1n) is 6.84. The normalized spacial score (nSPS) is 20.3. The van der Waals surface area contributed by atoms with Crippen molar-refractivity contribution >= 4 is 12.7 Å². The Hall–Kier alpha value is -1.59. The van der Waals surface area contributed by atoms with E-state index >= 15 is 0 Å². The van der Waals surface area contributed by atoms with Crippen molar-refractivity contribution in [1.82, 2.24) is 9.55 Å².